The number of aliphatic hydroxyl groups is 1. The Bertz CT molecular complexity index is 1200. The van der Waals surface area contributed by atoms with Crippen LogP contribution in [-0.4, -0.2) is 36.1 Å². The minimum Gasteiger partial charge on any atom is -0.508 e. The molecule has 0 aliphatic carbocycles. The second-order valence-electron chi connectivity index (χ2n) is 7.98. The number of phenols is 1. The number of nitrogens with zero attached hydrogens (tertiary/aromatic N) is 3. The first-order chi connectivity index (χ1) is 13.9. The van der Waals surface area contributed by atoms with Crippen molar-refractivity contribution in [3.05, 3.63) is 57.6 Å². The number of aromatic hydroxyl groups is 1. The molecule has 0 aliphatic rings. The summed E-state index contributed by atoms with van der Waals surface area (Å²) in [6.07, 6.45) is 3.07. The largest absolute Gasteiger partial charge is 0.508 e. The van der Waals surface area contributed by atoms with Crippen LogP contribution in [-0.2, 0) is 6.54 Å². The van der Waals surface area contributed by atoms with Crippen LogP contribution in [0.15, 0.2) is 35.4 Å². The minimum absolute atomic E-state index is 0.00840. The summed E-state index contributed by atoms with van der Waals surface area (Å²) in [5.74, 6) is -0.912. The number of benzene rings is 1. The van der Waals surface area contributed by atoms with Crippen molar-refractivity contribution < 1.29 is 15.0 Å². The van der Waals surface area contributed by atoms with Gasteiger partial charge in [-0.25, -0.2) is 0 Å². The second-order valence-corrected chi connectivity index (χ2v) is 7.98. The van der Waals surface area contributed by atoms with Crippen molar-refractivity contribution in [2.45, 2.75) is 39.8 Å². The lowest BCUT2D eigenvalue weighted by Gasteiger charge is -2.19. The highest BCUT2D eigenvalue weighted by atomic mass is 16.3. The number of amides is 1. The maximum absolute atomic E-state index is 13.4. The molecule has 0 aliphatic heterocycles. The summed E-state index contributed by atoms with van der Waals surface area (Å²) in [5.41, 5.74) is 12.3. The predicted octanol–water partition coefficient (Wildman–Crippen LogP) is 1.48. The van der Waals surface area contributed by atoms with Crippen molar-refractivity contribution in [1.82, 2.24) is 14.3 Å². The third-order valence-electron chi connectivity index (χ3n) is 4.83. The molecule has 3 rings (SSSR count). The van der Waals surface area contributed by atoms with Gasteiger partial charge in [-0.15, -0.1) is 0 Å². The summed E-state index contributed by atoms with van der Waals surface area (Å²) < 4.78 is 2.69. The third-order valence-corrected chi connectivity index (χ3v) is 4.83. The van der Waals surface area contributed by atoms with Gasteiger partial charge in [-0.2, -0.15) is 5.10 Å². The van der Waals surface area contributed by atoms with Gasteiger partial charge in [0.25, 0.3) is 11.5 Å². The lowest BCUT2D eigenvalue weighted by molar-refractivity contribution is 0.0577. The molecule has 0 fully saturated rings. The molecule has 30 heavy (non-hydrogen) atoms. The number of nitrogen functional groups attached to an aromatic ring is 1. The number of carbonyl (C=O) groups excluding carboxylic acids is 1. The summed E-state index contributed by atoms with van der Waals surface area (Å²) >= 11 is 0. The fourth-order valence-electron chi connectivity index (χ4n) is 3.41. The average Bonchev–Trinajstić information content (AvgIpc) is 3.07. The molecule has 0 bridgehead atoms. The van der Waals surface area contributed by atoms with Gasteiger partial charge in [0.2, 0.25) is 0 Å². The van der Waals surface area contributed by atoms with Gasteiger partial charge in [0.15, 0.2) is 0 Å². The number of hydrogen-bond donors (Lipinski definition) is 4. The van der Waals surface area contributed by atoms with Crippen molar-refractivity contribution in [3.8, 4) is 22.6 Å². The summed E-state index contributed by atoms with van der Waals surface area (Å²) in [6, 6.07) is 4.52. The molecule has 9 nitrogen and oxygen atoms in total. The minimum atomic E-state index is -1.00. The van der Waals surface area contributed by atoms with Gasteiger partial charge in [0, 0.05) is 17.3 Å². The SMILES string of the molecule is Cc1ccc(O)c(C)c1-n1c(N)c(C(N)=O)cc(-c2cnn(CC(C)(C)O)c2)c1=O. The van der Waals surface area contributed by atoms with Crippen molar-refractivity contribution in [3.63, 3.8) is 0 Å². The highest BCUT2D eigenvalue weighted by Gasteiger charge is 2.22. The van der Waals surface area contributed by atoms with Crippen LogP contribution in [0.3, 0.4) is 0 Å². The number of anilines is 1. The molecule has 2 aromatic heterocycles. The summed E-state index contributed by atoms with van der Waals surface area (Å²) in [4.78, 5) is 25.5. The molecule has 0 saturated heterocycles. The van der Waals surface area contributed by atoms with E-state index in [1.54, 1.807) is 40.0 Å². The van der Waals surface area contributed by atoms with Crippen molar-refractivity contribution in [2.75, 3.05) is 5.73 Å². The van der Waals surface area contributed by atoms with E-state index in [1.165, 1.54) is 27.6 Å². The first-order valence-electron chi connectivity index (χ1n) is 9.31. The molecular weight excluding hydrogens is 386 g/mol. The molecule has 0 spiro atoms. The van der Waals surface area contributed by atoms with Gasteiger partial charge >= 0.3 is 0 Å². The summed E-state index contributed by atoms with van der Waals surface area (Å²) in [5, 5.41) is 24.4. The number of nitrogens with two attached hydrogens (primary N) is 2. The monoisotopic (exact) mass is 411 g/mol. The Morgan fingerprint density at radius 3 is 2.53 bits per heavy atom. The Balaban J connectivity index is 2.32. The number of pyridine rings is 1. The fourth-order valence-corrected chi connectivity index (χ4v) is 3.41. The van der Waals surface area contributed by atoms with Gasteiger partial charge in [-0.1, -0.05) is 6.07 Å². The zero-order valence-electron chi connectivity index (χ0n) is 17.3. The van der Waals surface area contributed by atoms with Crippen molar-refractivity contribution in [1.29, 1.82) is 0 Å². The number of aromatic nitrogens is 3. The smallest absolute Gasteiger partial charge is 0.264 e. The van der Waals surface area contributed by atoms with E-state index < -0.39 is 17.1 Å². The maximum atomic E-state index is 13.4. The van der Waals surface area contributed by atoms with E-state index in [1.807, 2.05) is 0 Å². The molecule has 0 unspecified atom stereocenters. The lowest BCUT2D eigenvalue weighted by Crippen LogP contribution is -2.28. The number of rotatable bonds is 5. The van der Waals surface area contributed by atoms with Crippen LogP contribution in [0.1, 0.15) is 35.3 Å². The van der Waals surface area contributed by atoms with Crippen LogP contribution in [0.4, 0.5) is 5.82 Å². The Hall–Kier alpha value is -3.59. The number of primary amides is 1. The molecule has 3 aromatic rings. The Morgan fingerprint density at radius 1 is 1.27 bits per heavy atom. The van der Waals surface area contributed by atoms with Crippen LogP contribution in [0.5, 0.6) is 5.75 Å². The van der Waals surface area contributed by atoms with Crippen molar-refractivity contribution in [2.24, 2.45) is 5.73 Å². The zero-order chi connectivity index (χ0) is 22.4. The standard InChI is InChI=1S/C21H25N5O4/c1-11-5-6-16(27)12(2)17(11)26-18(22)15(19(23)28)7-14(20(26)29)13-8-24-25(9-13)10-21(3,4)30/h5-9,27,30H,10,22H2,1-4H3,(H2,23,28). The summed E-state index contributed by atoms with van der Waals surface area (Å²) in [6.45, 7) is 6.92. The van der Waals surface area contributed by atoms with E-state index >= 15 is 0 Å². The first-order valence-corrected chi connectivity index (χ1v) is 9.31. The van der Waals surface area contributed by atoms with E-state index in [4.69, 9.17) is 11.5 Å². The molecule has 158 valence electrons. The molecule has 1 amide bonds. The number of hydrogen-bond acceptors (Lipinski definition) is 6. The number of carbonyl (C=O) groups is 1. The van der Waals surface area contributed by atoms with E-state index in [0.29, 0.717) is 22.4 Å². The normalized spacial score (nSPS) is 11.6. The molecule has 6 N–H and O–H groups in total. The lowest BCUT2D eigenvalue weighted by atomic mass is 10.0. The van der Waals surface area contributed by atoms with E-state index in [9.17, 15) is 19.8 Å². The number of aryl methyl sites for hydroxylation is 1. The van der Waals surface area contributed by atoms with E-state index in [2.05, 4.69) is 5.10 Å². The fraction of sp³-hybridized carbons (Fsp3) is 0.286. The Labute approximate surface area is 173 Å². The van der Waals surface area contributed by atoms with Gasteiger partial charge in [0.1, 0.15) is 11.6 Å². The Morgan fingerprint density at radius 2 is 1.93 bits per heavy atom. The predicted molar refractivity (Wildman–Crippen MR) is 114 cm³/mol. The van der Waals surface area contributed by atoms with Gasteiger partial charge in [-0.3, -0.25) is 18.8 Å². The van der Waals surface area contributed by atoms with Crippen LogP contribution >= 0.6 is 0 Å². The molecule has 1 aromatic carbocycles. The quantitative estimate of drug-likeness (QED) is 0.499. The van der Waals surface area contributed by atoms with E-state index in [0.717, 1.165) is 0 Å². The molecule has 0 saturated carbocycles. The third kappa shape index (κ3) is 3.79. The maximum Gasteiger partial charge on any atom is 0.264 e. The highest BCUT2D eigenvalue weighted by Crippen LogP contribution is 2.30. The van der Waals surface area contributed by atoms with Gasteiger partial charge < -0.3 is 21.7 Å². The molecule has 0 radical (unpaired) electrons. The van der Waals surface area contributed by atoms with Crippen LogP contribution in [0.2, 0.25) is 0 Å². The molecule has 9 heteroatoms. The average molecular weight is 411 g/mol. The molecular formula is C21H25N5O4. The first kappa shape index (κ1) is 21.1. The molecule has 0 atom stereocenters. The second kappa shape index (κ2) is 7.34. The number of phenolic OH excluding ortho intramolecular Hbond substituents is 1. The molecule has 2 heterocycles. The summed E-state index contributed by atoms with van der Waals surface area (Å²) in [7, 11) is 0. The highest BCUT2D eigenvalue weighted by molar-refractivity contribution is 5.98. The zero-order valence-corrected chi connectivity index (χ0v) is 17.3. The van der Waals surface area contributed by atoms with Crippen molar-refractivity contribution >= 4 is 11.7 Å². The van der Waals surface area contributed by atoms with Crippen LogP contribution < -0.4 is 17.0 Å². The van der Waals surface area contributed by atoms with Crippen LogP contribution in [0, 0.1) is 13.8 Å². The van der Waals surface area contributed by atoms with E-state index in [-0.39, 0.29) is 29.2 Å². The Kier molecular flexibility index (Phi) is 5.17. The van der Waals surface area contributed by atoms with Gasteiger partial charge in [-0.05, 0) is 45.4 Å². The van der Waals surface area contributed by atoms with Crippen LogP contribution in [0.25, 0.3) is 16.8 Å². The van der Waals surface area contributed by atoms with Gasteiger partial charge in [0.05, 0.1) is 35.2 Å². The topological polar surface area (TPSA) is 149 Å².